The lowest BCUT2D eigenvalue weighted by Gasteiger charge is -2.20. The van der Waals surface area contributed by atoms with Gasteiger partial charge in [-0.15, -0.1) is 0 Å². The van der Waals surface area contributed by atoms with Crippen molar-refractivity contribution in [3.63, 3.8) is 0 Å². The Morgan fingerprint density at radius 2 is 2.00 bits per heavy atom. The van der Waals surface area contributed by atoms with Crippen LogP contribution in [-0.4, -0.2) is 34.6 Å². The number of benzene rings is 1. The number of amidine groups is 1. The smallest absolute Gasteiger partial charge is 0.143 e. The van der Waals surface area contributed by atoms with Gasteiger partial charge in [0.1, 0.15) is 11.6 Å². The molecule has 4 N–H and O–H groups in total. The van der Waals surface area contributed by atoms with E-state index in [4.69, 9.17) is 16.0 Å². The highest BCUT2D eigenvalue weighted by atomic mass is 16.4. The third kappa shape index (κ3) is 4.32. The zero-order valence-corrected chi connectivity index (χ0v) is 10.2. The molecule has 0 saturated carbocycles. The van der Waals surface area contributed by atoms with Gasteiger partial charge in [0.2, 0.25) is 0 Å². The maximum atomic E-state index is 9.17. The molecule has 0 amide bonds. The number of hydrogen-bond donors (Lipinski definition) is 3. The number of phenols is 1. The zero-order chi connectivity index (χ0) is 12.8. The van der Waals surface area contributed by atoms with Crippen LogP contribution < -0.4 is 5.73 Å². The van der Waals surface area contributed by atoms with Gasteiger partial charge >= 0.3 is 0 Å². The molecule has 0 aliphatic carbocycles. The molecular formula is C12H19N3O2. The van der Waals surface area contributed by atoms with E-state index in [9.17, 15) is 0 Å². The fourth-order valence-corrected chi connectivity index (χ4v) is 1.64. The highest BCUT2D eigenvalue weighted by Gasteiger charge is 2.11. The van der Waals surface area contributed by atoms with E-state index in [0.717, 1.165) is 12.1 Å². The van der Waals surface area contributed by atoms with Crippen molar-refractivity contribution in [1.29, 1.82) is 0 Å². The molecule has 0 spiro atoms. The summed E-state index contributed by atoms with van der Waals surface area (Å²) in [6, 6.07) is 7.08. The van der Waals surface area contributed by atoms with Crippen LogP contribution in [0.4, 0.5) is 0 Å². The molecule has 1 unspecified atom stereocenters. The Labute approximate surface area is 101 Å². The second kappa shape index (κ2) is 6.10. The van der Waals surface area contributed by atoms with E-state index in [0.29, 0.717) is 6.54 Å². The predicted molar refractivity (Wildman–Crippen MR) is 67.0 cm³/mol. The Morgan fingerprint density at radius 1 is 1.41 bits per heavy atom. The van der Waals surface area contributed by atoms with Gasteiger partial charge in [0.05, 0.1) is 0 Å². The van der Waals surface area contributed by atoms with Crippen molar-refractivity contribution < 1.29 is 10.3 Å². The zero-order valence-electron chi connectivity index (χ0n) is 10.2. The standard InChI is InChI=1S/C12H19N3O2/c1-9(12(13)14-17)7-15(2)8-10-3-5-11(16)6-4-10/h3-6,9,16-17H,7-8H2,1-2H3,(H2,13,14). The topological polar surface area (TPSA) is 82.1 Å². The summed E-state index contributed by atoms with van der Waals surface area (Å²) in [5, 5.41) is 20.7. The molecule has 0 aliphatic heterocycles. The monoisotopic (exact) mass is 237 g/mol. The molecule has 5 heteroatoms. The largest absolute Gasteiger partial charge is 0.508 e. The van der Waals surface area contributed by atoms with Crippen molar-refractivity contribution >= 4 is 5.84 Å². The maximum absolute atomic E-state index is 9.17. The summed E-state index contributed by atoms with van der Waals surface area (Å²) < 4.78 is 0. The summed E-state index contributed by atoms with van der Waals surface area (Å²) in [4.78, 5) is 2.08. The summed E-state index contributed by atoms with van der Waals surface area (Å²) in [7, 11) is 1.97. The van der Waals surface area contributed by atoms with Crippen molar-refractivity contribution in [2.75, 3.05) is 13.6 Å². The Hall–Kier alpha value is -1.75. The molecule has 1 aromatic rings. The summed E-state index contributed by atoms with van der Waals surface area (Å²) in [5.41, 5.74) is 6.63. The van der Waals surface area contributed by atoms with Crippen LogP contribution in [0.15, 0.2) is 29.4 Å². The van der Waals surface area contributed by atoms with Gasteiger partial charge in [0.25, 0.3) is 0 Å². The van der Waals surface area contributed by atoms with Crippen LogP contribution in [0.25, 0.3) is 0 Å². The van der Waals surface area contributed by atoms with Gasteiger partial charge in [0.15, 0.2) is 0 Å². The van der Waals surface area contributed by atoms with Crippen LogP contribution in [0, 0.1) is 5.92 Å². The molecule has 0 saturated heterocycles. The normalized spacial score (nSPS) is 13.9. The molecule has 1 atom stereocenters. The number of phenolic OH excluding ortho intramolecular Hbond substituents is 1. The Morgan fingerprint density at radius 3 is 2.53 bits per heavy atom. The lowest BCUT2D eigenvalue weighted by molar-refractivity contribution is 0.290. The van der Waals surface area contributed by atoms with Crippen molar-refractivity contribution in [2.24, 2.45) is 16.8 Å². The maximum Gasteiger partial charge on any atom is 0.143 e. The number of nitrogens with zero attached hydrogens (tertiary/aromatic N) is 2. The van der Waals surface area contributed by atoms with E-state index < -0.39 is 0 Å². The fraction of sp³-hybridized carbons (Fsp3) is 0.417. The first-order valence-electron chi connectivity index (χ1n) is 5.46. The molecule has 1 aromatic carbocycles. The van der Waals surface area contributed by atoms with Gasteiger partial charge in [-0.2, -0.15) is 0 Å². The molecule has 0 heterocycles. The Balaban J connectivity index is 2.49. The van der Waals surface area contributed by atoms with E-state index in [-0.39, 0.29) is 17.5 Å². The van der Waals surface area contributed by atoms with Gasteiger partial charge in [-0.3, -0.25) is 0 Å². The molecule has 0 aromatic heterocycles. The Bertz CT molecular complexity index is 376. The van der Waals surface area contributed by atoms with Gasteiger partial charge in [0, 0.05) is 19.0 Å². The van der Waals surface area contributed by atoms with Crippen LogP contribution in [0.3, 0.4) is 0 Å². The average Bonchev–Trinajstić information content (AvgIpc) is 2.30. The van der Waals surface area contributed by atoms with Crippen molar-refractivity contribution in [2.45, 2.75) is 13.5 Å². The minimum Gasteiger partial charge on any atom is -0.508 e. The van der Waals surface area contributed by atoms with Gasteiger partial charge in [-0.1, -0.05) is 24.2 Å². The van der Waals surface area contributed by atoms with Crippen LogP contribution >= 0.6 is 0 Å². The second-order valence-corrected chi connectivity index (χ2v) is 4.29. The summed E-state index contributed by atoms with van der Waals surface area (Å²) in [6.45, 7) is 3.36. The first kappa shape index (κ1) is 13.3. The molecule has 5 nitrogen and oxygen atoms in total. The number of nitrogens with two attached hydrogens (primary N) is 1. The molecule has 1 rings (SSSR count). The van der Waals surface area contributed by atoms with E-state index in [2.05, 4.69) is 10.1 Å². The van der Waals surface area contributed by atoms with E-state index in [1.807, 2.05) is 26.1 Å². The first-order chi connectivity index (χ1) is 8.02. The van der Waals surface area contributed by atoms with Crippen LogP contribution in [0.5, 0.6) is 5.75 Å². The first-order valence-corrected chi connectivity index (χ1v) is 5.46. The van der Waals surface area contributed by atoms with Crippen LogP contribution in [0.2, 0.25) is 0 Å². The molecular weight excluding hydrogens is 218 g/mol. The van der Waals surface area contributed by atoms with Gasteiger partial charge in [-0.25, -0.2) is 0 Å². The third-order valence-corrected chi connectivity index (χ3v) is 2.59. The van der Waals surface area contributed by atoms with E-state index in [1.54, 1.807) is 12.1 Å². The molecule has 0 fully saturated rings. The lowest BCUT2D eigenvalue weighted by Crippen LogP contribution is -2.32. The fourth-order valence-electron chi connectivity index (χ4n) is 1.64. The molecule has 94 valence electrons. The lowest BCUT2D eigenvalue weighted by atomic mass is 10.1. The van der Waals surface area contributed by atoms with E-state index in [1.165, 1.54) is 0 Å². The summed E-state index contributed by atoms with van der Waals surface area (Å²) >= 11 is 0. The number of oxime groups is 1. The van der Waals surface area contributed by atoms with E-state index >= 15 is 0 Å². The van der Waals surface area contributed by atoms with Crippen molar-refractivity contribution in [3.8, 4) is 5.75 Å². The van der Waals surface area contributed by atoms with Gasteiger partial charge in [-0.05, 0) is 24.7 Å². The molecule has 17 heavy (non-hydrogen) atoms. The van der Waals surface area contributed by atoms with Crippen molar-refractivity contribution in [3.05, 3.63) is 29.8 Å². The number of aromatic hydroxyl groups is 1. The third-order valence-electron chi connectivity index (χ3n) is 2.59. The quantitative estimate of drug-likeness (QED) is 0.311. The average molecular weight is 237 g/mol. The number of hydrogen-bond acceptors (Lipinski definition) is 4. The molecule has 0 radical (unpaired) electrons. The van der Waals surface area contributed by atoms with Crippen LogP contribution in [0.1, 0.15) is 12.5 Å². The highest BCUT2D eigenvalue weighted by Crippen LogP contribution is 2.11. The molecule has 0 aliphatic rings. The van der Waals surface area contributed by atoms with Crippen molar-refractivity contribution in [1.82, 2.24) is 4.90 Å². The summed E-state index contributed by atoms with van der Waals surface area (Å²) in [5.74, 6) is 0.506. The minimum atomic E-state index is 0.00196. The SMILES string of the molecule is CC(CN(C)Cc1ccc(O)cc1)C(N)=NO. The summed E-state index contributed by atoms with van der Waals surface area (Å²) in [6.07, 6.45) is 0. The minimum absolute atomic E-state index is 0.00196. The van der Waals surface area contributed by atoms with Crippen LogP contribution in [-0.2, 0) is 6.54 Å². The molecule has 0 bridgehead atoms. The van der Waals surface area contributed by atoms with Gasteiger partial charge < -0.3 is 20.9 Å². The number of rotatable bonds is 5. The predicted octanol–water partition coefficient (Wildman–Crippen LogP) is 1.21. The second-order valence-electron chi connectivity index (χ2n) is 4.29. The Kier molecular flexibility index (Phi) is 4.78. The highest BCUT2D eigenvalue weighted by molar-refractivity contribution is 5.82.